The van der Waals surface area contributed by atoms with E-state index in [0.717, 1.165) is 6.42 Å². The van der Waals surface area contributed by atoms with Gasteiger partial charge in [-0.2, -0.15) is 0 Å². The number of nitrogens with one attached hydrogen (secondary N) is 1. The van der Waals surface area contributed by atoms with E-state index in [1.54, 1.807) is 0 Å². The number of hydrogen-bond donors (Lipinski definition) is 2. The normalized spacial score (nSPS) is 20.8. The van der Waals surface area contributed by atoms with Gasteiger partial charge in [0.05, 0.1) is 6.61 Å². The smallest absolute Gasteiger partial charge is 0.0584 e. The molecular weight excluding hydrogens is 222 g/mol. The van der Waals surface area contributed by atoms with Crippen molar-refractivity contribution in [2.75, 3.05) is 6.61 Å². The van der Waals surface area contributed by atoms with Crippen LogP contribution in [0.5, 0.6) is 0 Å². The highest BCUT2D eigenvalue weighted by atomic mass is 16.3. The van der Waals surface area contributed by atoms with Gasteiger partial charge in [0.2, 0.25) is 0 Å². The third-order valence-electron chi connectivity index (χ3n) is 3.78. The van der Waals surface area contributed by atoms with Gasteiger partial charge in [0, 0.05) is 12.1 Å². The molecular formula is C16H25NO. The third-order valence-corrected chi connectivity index (χ3v) is 3.78. The fraction of sp³-hybridized carbons (Fsp3) is 0.625. The average molecular weight is 247 g/mol. The van der Waals surface area contributed by atoms with Gasteiger partial charge < -0.3 is 10.4 Å². The van der Waals surface area contributed by atoms with Crippen LogP contribution >= 0.6 is 0 Å². The van der Waals surface area contributed by atoms with Gasteiger partial charge in [-0.15, -0.1) is 0 Å². The van der Waals surface area contributed by atoms with Crippen LogP contribution in [-0.2, 0) is 6.42 Å². The van der Waals surface area contributed by atoms with Crippen molar-refractivity contribution in [2.45, 2.75) is 51.6 Å². The van der Waals surface area contributed by atoms with Crippen LogP contribution in [-0.4, -0.2) is 17.8 Å². The molecule has 0 aromatic heterocycles. The zero-order valence-electron chi connectivity index (χ0n) is 11.5. The van der Waals surface area contributed by atoms with E-state index in [1.165, 1.54) is 30.4 Å². The molecule has 2 unspecified atom stereocenters. The molecule has 100 valence electrons. The summed E-state index contributed by atoms with van der Waals surface area (Å²) in [5.74, 6) is 0.619. The number of hydrogen-bond acceptors (Lipinski definition) is 2. The minimum Gasteiger partial charge on any atom is -0.395 e. The zero-order chi connectivity index (χ0) is 13.0. The summed E-state index contributed by atoms with van der Waals surface area (Å²) in [6, 6.07) is 9.36. The van der Waals surface area contributed by atoms with Gasteiger partial charge >= 0.3 is 0 Å². The van der Waals surface area contributed by atoms with E-state index in [9.17, 15) is 5.11 Å². The number of benzene rings is 1. The van der Waals surface area contributed by atoms with Gasteiger partial charge in [0.25, 0.3) is 0 Å². The molecule has 0 spiro atoms. The molecule has 2 heteroatoms. The fourth-order valence-corrected chi connectivity index (χ4v) is 2.98. The van der Waals surface area contributed by atoms with Crippen LogP contribution in [0.15, 0.2) is 24.3 Å². The zero-order valence-corrected chi connectivity index (χ0v) is 11.5. The lowest BCUT2D eigenvalue weighted by atomic mass is 9.87. The van der Waals surface area contributed by atoms with Crippen LogP contribution in [0.1, 0.15) is 50.3 Å². The fourth-order valence-electron chi connectivity index (χ4n) is 2.98. The van der Waals surface area contributed by atoms with Crippen LogP contribution in [0, 0.1) is 5.92 Å². The molecule has 0 saturated carbocycles. The van der Waals surface area contributed by atoms with Crippen LogP contribution in [0.3, 0.4) is 0 Å². The first-order chi connectivity index (χ1) is 8.70. The van der Waals surface area contributed by atoms with E-state index < -0.39 is 0 Å². The molecule has 2 N–H and O–H groups in total. The second kappa shape index (κ2) is 6.35. The molecule has 1 aromatic rings. The molecule has 0 bridgehead atoms. The van der Waals surface area contributed by atoms with E-state index in [2.05, 4.69) is 43.4 Å². The van der Waals surface area contributed by atoms with E-state index in [0.29, 0.717) is 12.0 Å². The molecule has 0 fully saturated rings. The summed E-state index contributed by atoms with van der Waals surface area (Å²) in [5, 5.41) is 13.1. The Morgan fingerprint density at radius 2 is 2.11 bits per heavy atom. The third kappa shape index (κ3) is 3.33. The topological polar surface area (TPSA) is 32.3 Å². The van der Waals surface area contributed by atoms with Crippen LogP contribution in [0.4, 0.5) is 0 Å². The molecule has 2 nitrogen and oxygen atoms in total. The van der Waals surface area contributed by atoms with Crippen molar-refractivity contribution in [3.05, 3.63) is 35.4 Å². The summed E-state index contributed by atoms with van der Waals surface area (Å²) >= 11 is 0. The molecule has 1 aliphatic carbocycles. The quantitative estimate of drug-likeness (QED) is 0.838. The van der Waals surface area contributed by atoms with E-state index in [-0.39, 0.29) is 12.6 Å². The molecule has 0 aliphatic heterocycles. The molecule has 0 heterocycles. The monoisotopic (exact) mass is 247 g/mol. The SMILES string of the molecule is CC(C)CC(CO)NC1CCCc2ccccc21. The van der Waals surface area contributed by atoms with Gasteiger partial charge in [0.1, 0.15) is 0 Å². The lowest BCUT2D eigenvalue weighted by molar-refractivity contribution is 0.208. The van der Waals surface area contributed by atoms with Gasteiger partial charge in [-0.1, -0.05) is 38.1 Å². The Morgan fingerprint density at radius 1 is 1.33 bits per heavy atom. The Morgan fingerprint density at radius 3 is 2.83 bits per heavy atom. The van der Waals surface area contributed by atoms with Crippen molar-refractivity contribution in [1.29, 1.82) is 0 Å². The minimum atomic E-state index is 0.223. The van der Waals surface area contributed by atoms with Crippen LogP contribution in [0.2, 0.25) is 0 Å². The Balaban J connectivity index is 2.06. The minimum absolute atomic E-state index is 0.223. The van der Waals surface area contributed by atoms with Crippen LogP contribution in [0.25, 0.3) is 0 Å². The first-order valence-electron chi connectivity index (χ1n) is 7.15. The maximum atomic E-state index is 9.49. The first-order valence-corrected chi connectivity index (χ1v) is 7.15. The Kier molecular flexibility index (Phi) is 4.79. The molecule has 1 aliphatic rings. The highest BCUT2D eigenvalue weighted by Gasteiger charge is 2.22. The van der Waals surface area contributed by atoms with Crippen molar-refractivity contribution in [3.8, 4) is 0 Å². The lowest BCUT2D eigenvalue weighted by Gasteiger charge is -2.30. The second-order valence-electron chi connectivity index (χ2n) is 5.82. The van der Waals surface area contributed by atoms with Gasteiger partial charge in [-0.3, -0.25) is 0 Å². The molecule has 18 heavy (non-hydrogen) atoms. The van der Waals surface area contributed by atoms with Crippen LogP contribution < -0.4 is 5.32 Å². The standard InChI is InChI=1S/C16H25NO/c1-12(2)10-14(11-18)17-16-9-5-7-13-6-3-4-8-15(13)16/h3-4,6,8,12,14,16-18H,5,7,9-11H2,1-2H3. The van der Waals surface area contributed by atoms with E-state index >= 15 is 0 Å². The van der Waals surface area contributed by atoms with Crippen molar-refractivity contribution in [3.63, 3.8) is 0 Å². The number of aryl methyl sites for hydroxylation is 1. The number of rotatable bonds is 5. The number of aliphatic hydroxyl groups is 1. The predicted molar refractivity (Wildman–Crippen MR) is 75.6 cm³/mol. The van der Waals surface area contributed by atoms with Gasteiger partial charge in [-0.05, 0) is 42.7 Å². The maximum Gasteiger partial charge on any atom is 0.0584 e. The summed E-state index contributed by atoms with van der Waals surface area (Å²) in [4.78, 5) is 0. The maximum absolute atomic E-state index is 9.49. The molecule has 0 radical (unpaired) electrons. The Labute approximate surface area is 110 Å². The average Bonchev–Trinajstić information content (AvgIpc) is 2.38. The lowest BCUT2D eigenvalue weighted by Crippen LogP contribution is -2.38. The summed E-state index contributed by atoms with van der Waals surface area (Å²) in [6.07, 6.45) is 4.66. The first kappa shape index (κ1) is 13.6. The summed E-state index contributed by atoms with van der Waals surface area (Å²) in [7, 11) is 0. The van der Waals surface area contributed by atoms with Crippen molar-refractivity contribution < 1.29 is 5.11 Å². The number of aliphatic hydroxyl groups excluding tert-OH is 1. The largest absolute Gasteiger partial charge is 0.395 e. The molecule has 0 amide bonds. The van der Waals surface area contributed by atoms with E-state index in [1.807, 2.05) is 0 Å². The van der Waals surface area contributed by atoms with E-state index in [4.69, 9.17) is 0 Å². The molecule has 1 aromatic carbocycles. The molecule has 2 atom stereocenters. The summed E-state index contributed by atoms with van der Waals surface area (Å²) in [6.45, 7) is 4.65. The second-order valence-corrected chi connectivity index (χ2v) is 5.82. The highest BCUT2D eigenvalue weighted by Crippen LogP contribution is 2.30. The summed E-state index contributed by atoms with van der Waals surface area (Å²) < 4.78 is 0. The molecule has 0 saturated heterocycles. The van der Waals surface area contributed by atoms with Crippen molar-refractivity contribution >= 4 is 0 Å². The van der Waals surface area contributed by atoms with Gasteiger partial charge in [-0.25, -0.2) is 0 Å². The highest BCUT2D eigenvalue weighted by molar-refractivity contribution is 5.32. The number of fused-ring (bicyclic) bond motifs is 1. The Bertz CT molecular complexity index is 375. The van der Waals surface area contributed by atoms with Gasteiger partial charge in [0.15, 0.2) is 0 Å². The Hall–Kier alpha value is -0.860. The van der Waals surface area contributed by atoms with Crippen molar-refractivity contribution in [2.24, 2.45) is 5.92 Å². The van der Waals surface area contributed by atoms with Crippen molar-refractivity contribution in [1.82, 2.24) is 5.32 Å². The molecule has 2 rings (SSSR count). The summed E-state index contributed by atoms with van der Waals surface area (Å²) in [5.41, 5.74) is 2.91. The predicted octanol–water partition coefficient (Wildman–Crippen LogP) is 3.06.